The van der Waals surface area contributed by atoms with Crippen LogP contribution in [0.5, 0.6) is 5.75 Å². The molecular formula is C17H15F4N5O. The molecule has 0 radical (unpaired) electrons. The average Bonchev–Trinajstić information content (AvgIpc) is 3.06. The Bertz CT molecular complexity index is 970. The smallest absolute Gasteiger partial charge is 0.410 e. The fourth-order valence-corrected chi connectivity index (χ4v) is 2.34. The standard InChI is InChI=1S/C17H15F4N5O/c1-9-6-22-16(25-15(9)11-3-4-14(27)13(18)5-11)24-12-7-23-26(8-12)10(2)17(19,20)21/h3-8,10,27H,1-2H3,(H,22,24,25). The molecule has 0 aliphatic carbocycles. The number of halogens is 4. The molecule has 0 fully saturated rings. The van der Waals surface area contributed by atoms with E-state index in [4.69, 9.17) is 0 Å². The first-order chi connectivity index (χ1) is 12.6. The first kappa shape index (κ1) is 18.6. The molecule has 0 saturated heterocycles. The number of aromatic hydroxyl groups is 1. The molecule has 10 heteroatoms. The normalized spacial score (nSPS) is 12.8. The Labute approximate surface area is 151 Å². The van der Waals surface area contributed by atoms with Gasteiger partial charge in [0, 0.05) is 18.0 Å². The Morgan fingerprint density at radius 2 is 1.96 bits per heavy atom. The van der Waals surface area contributed by atoms with Gasteiger partial charge in [0.1, 0.15) is 6.04 Å². The number of phenolic OH excluding ortho intramolecular Hbond substituents is 1. The van der Waals surface area contributed by atoms with Crippen LogP contribution in [0.3, 0.4) is 0 Å². The number of aryl methyl sites for hydroxylation is 1. The van der Waals surface area contributed by atoms with Gasteiger partial charge in [0.25, 0.3) is 0 Å². The molecule has 3 aromatic rings. The fraction of sp³-hybridized carbons (Fsp3) is 0.235. The third kappa shape index (κ3) is 3.99. The summed E-state index contributed by atoms with van der Waals surface area (Å²) in [5.41, 5.74) is 1.78. The summed E-state index contributed by atoms with van der Waals surface area (Å²) in [5.74, 6) is -1.15. The van der Waals surface area contributed by atoms with E-state index in [-0.39, 0.29) is 11.6 Å². The summed E-state index contributed by atoms with van der Waals surface area (Å²) in [7, 11) is 0. The number of hydrogen-bond donors (Lipinski definition) is 2. The molecule has 2 aromatic heterocycles. The van der Waals surface area contributed by atoms with Gasteiger partial charge in [-0.15, -0.1) is 0 Å². The van der Waals surface area contributed by atoms with Gasteiger partial charge in [0.05, 0.1) is 17.6 Å². The number of rotatable bonds is 4. The highest BCUT2D eigenvalue weighted by atomic mass is 19.4. The van der Waals surface area contributed by atoms with Gasteiger partial charge in [-0.2, -0.15) is 18.3 Å². The van der Waals surface area contributed by atoms with Crippen LogP contribution in [0.1, 0.15) is 18.5 Å². The molecule has 1 unspecified atom stereocenters. The van der Waals surface area contributed by atoms with E-state index in [9.17, 15) is 22.7 Å². The predicted octanol–water partition coefficient (Wildman–Crippen LogP) is 4.36. The molecule has 0 amide bonds. The zero-order chi connectivity index (χ0) is 19.8. The highest BCUT2D eigenvalue weighted by Gasteiger charge is 2.37. The molecule has 3 rings (SSSR count). The lowest BCUT2D eigenvalue weighted by atomic mass is 10.1. The molecule has 0 saturated carbocycles. The van der Waals surface area contributed by atoms with Gasteiger partial charge < -0.3 is 10.4 Å². The van der Waals surface area contributed by atoms with Crippen molar-refractivity contribution in [3.05, 3.63) is 48.2 Å². The second-order valence-electron chi connectivity index (χ2n) is 5.94. The number of nitrogens with zero attached hydrogens (tertiary/aromatic N) is 4. The first-order valence-electron chi connectivity index (χ1n) is 7.85. The summed E-state index contributed by atoms with van der Waals surface area (Å²) >= 11 is 0. The van der Waals surface area contributed by atoms with Gasteiger partial charge in [-0.1, -0.05) is 0 Å². The number of hydrogen-bond acceptors (Lipinski definition) is 5. The predicted molar refractivity (Wildman–Crippen MR) is 90.1 cm³/mol. The minimum atomic E-state index is -4.42. The molecule has 1 aromatic carbocycles. The number of alkyl halides is 3. The van der Waals surface area contributed by atoms with E-state index in [1.165, 1.54) is 30.7 Å². The Balaban J connectivity index is 1.87. The van der Waals surface area contributed by atoms with Crippen molar-refractivity contribution >= 4 is 11.6 Å². The zero-order valence-electron chi connectivity index (χ0n) is 14.3. The second kappa shape index (κ2) is 6.86. The van der Waals surface area contributed by atoms with Crippen molar-refractivity contribution in [2.75, 3.05) is 5.32 Å². The lowest BCUT2D eigenvalue weighted by Gasteiger charge is -2.15. The van der Waals surface area contributed by atoms with Gasteiger partial charge >= 0.3 is 6.18 Å². The molecule has 0 aliphatic rings. The van der Waals surface area contributed by atoms with Gasteiger partial charge in [-0.25, -0.2) is 14.4 Å². The zero-order valence-corrected chi connectivity index (χ0v) is 14.3. The Morgan fingerprint density at radius 1 is 1.22 bits per heavy atom. The third-order valence-corrected chi connectivity index (χ3v) is 3.92. The van der Waals surface area contributed by atoms with Crippen LogP contribution in [-0.4, -0.2) is 31.0 Å². The van der Waals surface area contributed by atoms with Gasteiger partial charge in [-0.3, -0.25) is 4.68 Å². The van der Waals surface area contributed by atoms with Crippen molar-refractivity contribution in [3.8, 4) is 17.0 Å². The van der Waals surface area contributed by atoms with Crippen LogP contribution in [0.2, 0.25) is 0 Å². The Morgan fingerprint density at radius 3 is 2.63 bits per heavy atom. The molecule has 2 heterocycles. The van der Waals surface area contributed by atoms with Gasteiger partial charge in [0.2, 0.25) is 5.95 Å². The summed E-state index contributed by atoms with van der Waals surface area (Å²) in [6.07, 6.45) is -0.495. The van der Waals surface area contributed by atoms with Crippen LogP contribution < -0.4 is 5.32 Å². The lowest BCUT2D eigenvalue weighted by Crippen LogP contribution is -2.23. The van der Waals surface area contributed by atoms with Crippen molar-refractivity contribution in [2.24, 2.45) is 0 Å². The SMILES string of the molecule is Cc1cnc(Nc2cnn(C(C)C(F)(F)F)c2)nc1-c1ccc(O)c(F)c1. The van der Waals surface area contributed by atoms with E-state index in [1.807, 2.05) is 0 Å². The number of aromatic nitrogens is 4. The number of nitrogens with one attached hydrogen (secondary N) is 1. The molecular weight excluding hydrogens is 366 g/mol. The van der Waals surface area contributed by atoms with Crippen LogP contribution in [0.4, 0.5) is 29.2 Å². The Kier molecular flexibility index (Phi) is 4.73. The second-order valence-corrected chi connectivity index (χ2v) is 5.94. The van der Waals surface area contributed by atoms with E-state index in [0.717, 1.165) is 17.7 Å². The van der Waals surface area contributed by atoms with Crippen LogP contribution >= 0.6 is 0 Å². The largest absolute Gasteiger partial charge is 0.505 e. The van der Waals surface area contributed by atoms with E-state index < -0.39 is 23.8 Å². The maximum absolute atomic E-state index is 13.6. The molecule has 0 aliphatic heterocycles. The lowest BCUT2D eigenvalue weighted by molar-refractivity contribution is -0.165. The third-order valence-electron chi connectivity index (χ3n) is 3.92. The topological polar surface area (TPSA) is 75.9 Å². The van der Waals surface area contributed by atoms with Crippen LogP contribution in [0, 0.1) is 12.7 Å². The number of anilines is 2. The van der Waals surface area contributed by atoms with Gasteiger partial charge in [-0.05, 0) is 37.6 Å². The van der Waals surface area contributed by atoms with E-state index in [0.29, 0.717) is 16.8 Å². The van der Waals surface area contributed by atoms with E-state index >= 15 is 0 Å². The summed E-state index contributed by atoms with van der Waals surface area (Å²) in [6, 6.07) is 2.07. The minimum Gasteiger partial charge on any atom is -0.505 e. The molecule has 6 nitrogen and oxygen atoms in total. The monoisotopic (exact) mass is 381 g/mol. The van der Waals surface area contributed by atoms with Crippen molar-refractivity contribution in [1.29, 1.82) is 0 Å². The molecule has 0 bridgehead atoms. The quantitative estimate of drug-likeness (QED) is 0.657. The van der Waals surface area contributed by atoms with Crippen LogP contribution in [-0.2, 0) is 0 Å². The summed E-state index contributed by atoms with van der Waals surface area (Å²) in [5, 5.41) is 15.8. The molecule has 2 N–H and O–H groups in total. The minimum absolute atomic E-state index is 0.114. The van der Waals surface area contributed by atoms with Crippen molar-refractivity contribution < 1.29 is 22.7 Å². The van der Waals surface area contributed by atoms with E-state index in [2.05, 4.69) is 20.4 Å². The molecule has 0 spiro atoms. The maximum atomic E-state index is 13.6. The number of phenols is 1. The average molecular weight is 381 g/mol. The molecule has 142 valence electrons. The highest BCUT2D eigenvalue weighted by Crippen LogP contribution is 2.30. The van der Waals surface area contributed by atoms with E-state index in [1.54, 1.807) is 6.92 Å². The molecule has 1 atom stereocenters. The molecule has 27 heavy (non-hydrogen) atoms. The highest BCUT2D eigenvalue weighted by molar-refractivity contribution is 5.65. The van der Waals surface area contributed by atoms with Gasteiger partial charge in [0.15, 0.2) is 11.6 Å². The van der Waals surface area contributed by atoms with Crippen LogP contribution in [0.15, 0.2) is 36.8 Å². The van der Waals surface area contributed by atoms with Crippen molar-refractivity contribution in [1.82, 2.24) is 19.7 Å². The Hall–Kier alpha value is -3.17. The summed E-state index contributed by atoms with van der Waals surface area (Å²) in [6.45, 7) is 2.73. The number of benzene rings is 1. The summed E-state index contributed by atoms with van der Waals surface area (Å²) in [4.78, 5) is 8.36. The fourth-order valence-electron chi connectivity index (χ4n) is 2.34. The van der Waals surface area contributed by atoms with Crippen LogP contribution in [0.25, 0.3) is 11.3 Å². The maximum Gasteiger partial charge on any atom is 0.410 e. The van der Waals surface area contributed by atoms with Crippen molar-refractivity contribution in [3.63, 3.8) is 0 Å². The summed E-state index contributed by atoms with van der Waals surface area (Å²) < 4.78 is 52.7. The van der Waals surface area contributed by atoms with Crippen molar-refractivity contribution in [2.45, 2.75) is 26.1 Å². The first-order valence-corrected chi connectivity index (χ1v) is 7.85.